The van der Waals surface area contributed by atoms with Crippen LogP contribution >= 0.6 is 12.2 Å². The number of carbonyl (C=O) groups excluding carboxylic acids is 2. The molecule has 1 heterocycles. The SMILES string of the molecule is O=C(Nc1cccc(NC(=S)NC(=O)C(c2ccccc2)c2ccccc2)c1)c1ccco1. The number of hydrogen-bond acceptors (Lipinski definition) is 4. The van der Waals surface area contributed by atoms with Crippen LogP contribution in [0.4, 0.5) is 11.4 Å². The van der Waals surface area contributed by atoms with Gasteiger partial charge in [-0.1, -0.05) is 66.7 Å². The summed E-state index contributed by atoms with van der Waals surface area (Å²) < 4.78 is 5.11. The Morgan fingerprint density at radius 2 is 1.33 bits per heavy atom. The summed E-state index contributed by atoms with van der Waals surface area (Å²) in [4.78, 5) is 25.4. The Morgan fingerprint density at radius 3 is 1.91 bits per heavy atom. The highest BCUT2D eigenvalue weighted by Crippen LogP contribution is 2.25. The Kier molecular flexibility index (Phi) is 6.92. The highest BCUT2D eigenvalue weighted by molar-refractivity contribution is 7.80. The van der Waals surface area contributed by atoms with Gasteiger partial charge in [0.2, 0.25) is 5.91 Å². The van der Waals surface area contributed by atoms with Gasteiger partial charge in [0.1, 0.15) is 0 Å². The number of hydrogen-bond donors (Lipinski definition) is 3. The van der Waals surface area contributed by atoms with Gasteiger partial charge in [-0.3, -0.25) is 9.59 Å². The van der Waals surface area contributed by atoms with Crippen LogP contribution in [0.3, 0.4) is 0 Å². The largest absolute Gasteiger partial charge is 0.459 e. The van der Waals surface area contributed by atoms with Gasteiger partial charge in [0.25, 0.3) is 5.91 Å². The fourth-order valence-corrected chi connectivity index (χ4v) is 3.63. The van der Waals surface area contributed by atoms with Crippen molar-refractivity contribution in [3.05, 3.63) is 120 Å². The molecule has 1 aromatic heterocycles. The normalized spacial score (nSPS) is 10.5. The molecule has 0 aliphatic carbocycles. The predicted octanol–water partition coefficient (Wildman–Crippen LogP) is 5.18. The number of benzene rings is 3. The van der Waals surface area contributed by atoms with Gasteiger partial charge in [-0.15, -0.1) is 0 Å². The molecule has 3 aromatic carbocycles. The van der Waals surface area contributed by atoms with Gasteiger partial charge >= 0.3 is 0 Å². The lowest BCUT2D eigenvalue weighted by Crippen LogP contribution is -2.37. The van der Waals surface area contributed by atoms with E-state index in [1.807, 2.05) is 60.7 Å². The molecule has 4 rings (SSSR count). The van der Waals surface area contributed by atoms with Gasteiger partial charge < -0.3 is 20.4 Å². The molecule has 0 radical (unpaired) electrons. The fourth-order valence-electron chi connectivity index (χ4n) is 3.41. The van der Waals surface area contributed by atoms with Gasteiger partial charge in [0, 0.05) is 11.4 Å². The molecule has 0 unspecified atom stereocenters. The molecule has 7 heteroatoms. The van der Waals surface area contributed by atoms with Crippen LogP contribution in [0, 0.1) is 0 Å². The molecule has 3 N–H and O–H groups in total. The van der Waals surface area contributed by atoms with E-state index in [0.29, 0.717) is 11.4 Å². The Labute approximate surface area is 196 Å². The second kappa shape index (κ2) is 10.4. The van der Waals surface area contributed by atoms with Crippen molar-refractivity contribution in [2.24, 2.45) is 0 Å². The zero-order valence-corrected chi connectivity index (χ0v) is 18.3. The average Bonchev–Trinajstić information content (AvgIpc) is 3.36. The van der Waals surface area contributed by atoms with Crippen LogP contribution < -0.4 is 16.0 Å². The highest BCUT2D eigenvalue weighted by atomic mass is 32.1. The lowest BCUT2D eigenvalue weighted by Gasteiger charge is -2.19. The highest BCUT2D eigenvalue weighted by Gasteiger charge is 2.23. The standard InChI is InChI=1S/C26H21N3O3S/c30-24(22-15-8-16-32-22)27-20-13-7-14-21(17-20)28-26(33)29-25(31)23(18-9-3-1-4-10-18)19-11-5-2-6-12-19/h1-17,23H,(H,27,30)(H2,28,29,31,33). The molecule has 164 valence electrons. The maximum absolute atomic E-state index is 13.2. The van der Waals surface area contributed by atoms with Crippen molar-refractivity contribution in [2.75, 3.05) is 10.6 Å². The first-order valence-corrected chi connectivity index (χ1v) is 10.7. The smallest absolute Gasteiger partial charge is 0.291 e. The lowest BCUT2D eigenvalue weighted by molar-refractivity contribution is -0.120. The molecular formula is C26H21N3O3S. The number of furan rings is 1. The van der Waals surface area contributed by atoms with E-state index in [-0.39, 0.29) is 22.7 Å². The number of anilines is 2. The maximum atomic E-state index is 13.2. The molecule has 0 atom stereocenters. The molecule has 2 amide bonds. The third-order valence-corrected chi connectivity index (χ3v) is 5.09. The number of rotatable bonds is 6. The topological polar surface area (TPSA) is 83.4 Å². The predicted molar refractivity (Wildman–Crippen MR) is 132 cm³/mol. The van der Waals surface area contributed by atoms with Crippen LogP contribution in [0.15, 0.2) is 108 Å². The molecule has 4 aromatic rings. The van der Waals surface area contributed by atoms with E-state index < -0.39 is 5.92 Å². The van der Waals surface area contributed by atoms with Crippen molar-refractivity contribution in [3.63, 3.8) is 0 Å². The molecule has 0 aliphatic heterocycles. The molecule has 0 saturated carbocycles. The summed E-state index contributed by atoms with van der Waals surface area (Å²) in [7, 11) is 0. The summed E-state index contributed by atoms with van der Waals surface area (Å²) in [5, 5.41) is 8.71. The van der Waals surface area contributed by atoms with Gasteiger partial charge in [-0.2, -0.15) is 0 Å². The Bertz CT molecular complexity index is 1200. The number of amides is 2. The second-order valence-electron chi connectivity index (χ2n) is 7.21. The molecule has 0 spiro atoms. The quantitative estimate of drug-likeness (QED) is 0.349. The van der Waals surface area contributed by atoms with E-state index in [2.05, 4.69) is 16.0 Å². The molecule has 0 aliphatic rings. The van der Waals surface area contributed by atoms with Crippen molar-refractivity contribution in [1.82, 2.24) is 5.32 Å². The zero-order valence-electron chi connectivity index (χ0n) is 17.5. The summed E-state index contributed by atoms with van der Waals surface area (Å²) in [6.07, 6.45) is 1.44. The second-order valence-corrected chi connectivity index (χ2v) is 7.62. The van der Waals surface area contributed by atoms with Crippen LogP contribution in [0.5, 0.6) is 0 Å². The van der Waals surface area contributed by atoms with Crippen LogP contribution in [-0.2, 0) is 4.79 Å². The van der Waals surface area contributed by atoms with Gasteiger partial charge in [0.05, 0.1) is 12.2 Å². The van der Waals surface area contributed by atoms with Crippen molar-refractivity contribution >= 4 is 40.5 Å². The van der Waals surface area contributed by atoms with Gasteiger partial charge in [-0.25, -0.2) is 0 Å². The van der Waals surface area contributed by atoms with Gasteiger partial charge in [0.15, 0.2) is 10.9 Å². The maximum Gasteiger partial charge on any atom is 0.291 e. The van der Waals surface area contributed by atoms with Crippen LogP contribution in [0.2, 0.25) is 0 Å². The molecule has 0 saturated heterocycles. The zero-order chi connectivity index (χ0) is 23.0. The summed E-state index contributed by atoms with van der Waals surface area (Å²) in [5.41, 5.74) is 2.91. The van der Waals surface area contributed by atoms with Crippen molar-refractivity contribution in [1.29, 1.82) is 0 Å². The Balaban J connectivity index is 1.44. The molecule has 33 heavy (non-hydrogen) atoms. The minimum absolute atomic E-state index is 0.159. The fraction of sp³-hybridized carbons (Fsp3) is 0.0385. The van der Waals surface area contributed by atoms with Crippen LogP contribution in [0.25, 0.3) is 0 Å². The molecule has 0 bridgehead atoms. The van der Waals surface area contributed by atoms with Crippen molar-refractivity contribution in [2.45, 2.75) is 5.92 Å². The monoisotopic (exact) mass is 455 g/mol. The third-order valence-electron chi connectivity index (χ3n) is 4.89. The van der Waals surface area contributed by atoms with E-state index in [1.165, 1.54) is 6.26 Å². The van der Waals surface area contributed by atoms with Crippen LogP contribution in [0.1, 0.15) is 27.6 Å². The third kappa shape index (κ3) is 5.72. The minimum atomic E-state index is -0.508. The van der Waals surface area contributed by atoms with Gasteiger partial charge in [-0.05, 0) is 53.7 Å². The summed E-state index contributed by atoms with van der Waals surface area (Å²) in [6.45, 7) is 0. The van der Waals surface area contributed by atoms with Crippen molar-refractivity contribution < 1.29 is 14.0 Å². The van der Waals surface area contributed by atoms with Crippen molar-refractivity contribution in [3.8, 4) is 0 Å². The molecule has 6 nitrogen and oxygen atoms in total. The lowest BCUT2D eigenvalue weighted by atomic mass is 9.90. The number of nitrogens with one attached hydrogen (secondary N) is 3. The average molecular weight is 456 g/mol. The minimum Gasteiger partial charge on any atom is -0.459 e. The molecule has 0 fully saturated rings. The van der Waals surface area contributed by atoms with Crippen LogP contribution in [-0.4, -0.2) is 16.9 Å². The summed E-state index contributed by atoms with van der Waals surface area (Å²) in [6, 6.07) is 29.3. The number of thiocarbonyl (C=S) groups is 1. The van der Waals surface area contributed by atoms with E-state index in [4.69, 9.17) is 16.6 Å². The first kappa shape index (κ1) is 22.0. The van der Waals surface area contributed by atoms with E-state index >= 15 is 0 Å². The summed E-state index contributed by atoms with van der Waals surface area (Å²) in [5.74, 6) is -0.899. The summed E-state index contributed by atoms with van der Waals surface area (Å²) >= 11 is 5.38. The Hall–Kier alpha value is -4.23. The van der Waals surface area contributed by atoms with E-state index in [0.717, 1.165) is 11.1 Å². The molecular weight excluding hydrogens is 434 g/mol. The Morgan fingerprint density at radius 1 is 0.727 bits per heavy atom. The first-order chi connectivity index (χ1) is 16.1. The van der Waals surface area contributed by atoms with E-state index in [9.17, 15) is 9.59 Å². The number of carbonyl (C=O) groups is 2. The van der Waals surface area contributed by atoms with E-state index in [1.54, 1.807) is 36.4 Å². The first-order valence-electron chi connectivity index (χ1n) is 10.3.